The molecule has 164 valence electrons. The van der Waals surface area contributed by atoms with E-state index in [1.807, 2.05) is 24.3 Å². The number of anilines is 1. The van der Waals surface area contributed by atoms with Gasteiger partial charge in [-0.15, -0.1) is 0 Å². The molecular weight excluding hydrogens is 428 g/mol. The molecule has 0 fully saturated rings. The molecule has 1 aromatic heterocycles. The molecule has 0 aliphatic heterocycles. The zero-order valence-electron chi connectivity index (χ0n) is 17.6. The predicted octanol–water partition coefficient (Wildman–Crippen LogP) is 3.64. The van der Waals surface area contributed by atoms with Crippen LogP contribution in [-0.4, -0.2) is 43.4 Å². The second-order valence-corrected chi connectivity index (χ2v) is 8.91. The minimum absolute atomic E-state index is 0.00342. The van der Waals surface area contributed by atoms with E-state index in [1.54, 1.807) is 43.4 Å². The van der Waals surface area contributed by atoms with Crippen LogP contribution in [0.15, 0.2) is 77.7 Å². The van der Waals surface area contributed by atoms with Gasteiger partial charge >= 0.3 is 0 Å². The molecule has 4 rings (SSSR count). The minimum atomic E-state index is -3.87. The van der Waals surface area contributed by atoms with Crippen molar-refractivity contribution >= 4 is 32.7 Å². The van der Waals surface area contributed by atoms with Crippen LogP contribution in [0.1, 0.15) is 16.2 Å². The van der Waals surface area contributed by atoms with Crippen LogP contribution in [0.2, 0.25) is 0 Å². The Morgan fingerprint density at radius 1 is 1.06 bits per heavy atom. The number of para-hydroxylation sites is 2. The van der Waals surface area contributed by atoms with Crippen LogP contribution in [-0.2, 0) is 16.6 Å². The number of methoxy groups -OCH3 is 1. The Morgan fingerprint density at radius 3 is 2.53 bits per heavy atom. The number of carbonyl (C=O) groups excluding carboxylic acids is 1. The number of imidazole rings is 1. The van der Waals surface area contributed by atoms with Crippen LogP contribution < -0.4 is 9.46 Å². The summed E-state index contributed by atoms with van der Waals surface area (Å²) in [5.74, 6) is 0.951. The number of hydrogen-bond donors (Lipinski definition) is 2. The van der Waals surface area contributed by atoms with Gasteiger partial charge in [-0.2, -0.15) is 0 Å². The monoisotopic (exact) mass is 450 g/mol. The van der Waals surface area contributed by atoms with E-state index in [-0.39, 0.29) is 22.9 Å². The first-order valence-corrected chi connectivity index (χ1v) is 11.3. The van der Waals surface area contributed by atoms with Crippen molar-refractivity contribution in [2.75, 3.05) is 18.9 Å². The summed E-state index contributed by atoms with van der Waals surface area (Å²) >= 11 is 0. The molecule has 1 amide bonds. The Labute approximate surface area is 185 Å². The molecule has 4 aromatic rings. The van der Waals surface area contributed by atoms with Gasteiger partial charge in [0.2, 0.25) is 0 Å². The summed E-state index contributed by atoms with van der Waals surface area (Å²) < 4.78 is 33.2. The van der Waals surface area contributed by atoms with E-state index in [0.717, 1.165) is 11.0 Å². The molecular formula is C23H22N4O4S. The molecule has 3 aromatic carbocycles. The maximum Gasteiger partial charge on any atom is 0.261 e. The highest BCUT2D eigenvalue weighted by molar-refractivity contribution is 7.92. The van der Waals surface area contributed by atoms with Crippen molar-refractivity contribution in [3.05, 3.63) is 84.2 Å². The van der Waals surface area contributed by atoms with Gasteiger partial charge in [-0.25, -0.2) is 13.4 Å². The Kier molecular flexibility index (Phi) is 5.83. The van der Waals surface area contributed by atoms with Gasteiger partial charge in [0.25, 0.3) is 15.9 Å². The molecule has 0 atom stereocenters. The third-order valence-electron chi connectivity index (χ3n) is 4.91. The van der Waals surface area contributed by atoms with Crippen molar-refractivity contribution in [2.45, 2.75) is 11.4 Å². The molecule has 1 heterocycles. The quantitative estimate of drug-likeness (QED) is 0.447. The van der Waals surface area contributed by atoms with E-state index in [4.69, 9.17) is 4.74 Å². The van der Waals surface area contributed by atoms with Crippen molar-refractivity contribution in [1.82, 2.24) is 14.9 Å². The Morgan fingerprint density at radius 2 is 1.81 bits per heavy atom. The van der Waals surface area contributed by atoms with Gasteiger partial charge in [0.1, 0.15) is 11.6 Å². The second kappa shape index (κ2) is 8.72. The van der Waals surface area contributed by atoms with Crippen molar-refractivity contribution in [2.24, 2.45) is 0 Å². The van der Waals surface area contributed by atoms with Gasteiger partial charge in [-0.1, -0.05) is 18.2 Å². The van der Waals surface area contributed by atoms with E-state index in [2.05, 4.69) is 14.7 Å². The van der Waals surface area contributed by atoms with E-state index in [0.29, 0.717) is 17.3 Å². The van der Waals surface area contributed by atoms with Crippen LogP contribution in [0.4, 0.5) is 5.69 Å². The fourth-order valence-corrected chi connectivity index (χ4v) is 4.37. The molecule has 0 saturated heterocycles. The van der Waals surface area contributed by atoms with E-state index >= 15 is 0 Å². The number of nitrogens with zero attached hydrogens (tertiary/aromatic N) is 2. The van der Waals surface area contributed by atoms with Crippen molar-refractivity contribution in [3.8, 4) is 5.75 Å². The molecule has 9 heteroatoms. The Hall–Kier alpha value is -3.85. The summed E-state index contributed by atoms with van der Waals surface area (Å²) in [6, 6.07) is 20.1. The highest BCUT2D eigenvalue weighted by atomic mass is 32.2. The SMILES string of the molecule is COc1ccc(NS(=O)(=O)c2cccc(C(=O)N(C)Cc3nc4ccccc4[nH]3)c2)cc1. The number of ether oxygens (including phenoxy) is 1. The molecule has 32 heavy (non-hydrogen) atoms. The lowest BCUT2D eigenvalue weighted by Crippen LogP contribution is -2.27. The number of aromatic nitrogens is 2. The first kappa shape index (κ1) is 21.4. The number of hydrogen-bond acceptors (Lipinski definition) is 5. The average Bonchev–Trinajstić information content (AvgIpc) is 3.21. The largest absolute Gasteiger partial charge is 0.497 e. The van der Waals surface area contributed by atoms with Crippen LogP contribution in [0.3, 0.4) is 0 Å². The number of H-pyrrole nitrogens is 1. The standard InChI is InChI=1S/C23H22N4O4S/c1-27(15-22-24-20-8-3-4-9-21(20)25-22)23(28)16-6-5-7-19(14-16)32(29,30)26-17-10-12-18(31-2)13-11-17/h3-14,26H,15H2,1-2H3,(H,24,25). The number of carbonyl (C=O) groups is 1. The average molecular weight is 451 g/mol. The summed E-state index contributed by atoms with van der Waals surface area (Å²) in [5.41, 5.74) is 2.37. The summed E-state index contributed by atoms with van der Waals surface area (Å²) in [6.45, 7) is 0.259. The van der Waals surface area contributed by atoms with Crippen LogP contribution in [0, 0.1) is 0 Å². The van der Waals surface area contributed by atoms with Gasteiger partial charge in [0.05, 0.1) is 29.6 Å². The van der Waals surface area contributed by atoms with E-state index in [9.17, 15) is 13.2 Å². The minimum Gasteiger partial charge on any atom is -0.497 e. The van der Waals surface area contributed by atoms with Gasteiger partial charge < -0.3 is 14.6 Å². The van der Waals surface area contributed by atoms with Crippen molar-refractivity contribution in [1.29, 1.82) is 0 Å². The number of nitrogens with one attached hydrogen (secondary N) is 2. The van der Waals surface area contributed by atoms with Crippen molar-refractivity contribution < 1.29 is 17.9 Å². The van der Waals surface area contributed by atoms with Gasteiger partial charge in [0, 0.05) is 18.3 Å². The van der Waals surface area contributed by atoms with Gasteiger partial charge in [0.15, 0.2) is 0 Å². The third kappa shape index (κ3) is 4.57. The molecule has 0 aliphatic rings. The predicted molar refractivity (Wildman–Crippen MR) is 122 cm³/mol. The number of rotatable bonds is 7. The number of benzene rings is 3. The van der Waals surface area contributed by atoms with Crippen LogP contribution in [0.25, 0.3) is 11.0 Å². The zero-order chi connectivity index (χ0) is 22.7. The lowest BCUT2D eigenvalue weighted by atomic mass is 10.2. The van der Waals surface area contributed by atoms with Crippen molar-refractivity contribution in [3.63, 3.8) is 0 Å². The van der Waals surface area contributed by atoms with Gasteiger partial charge in [-0.05, 0) is 54.6 Å². The first-order chi connectivity index (χ1) is 15.4. The zero-order valence-corrected chi connectivity index (χ0v) is 18.4. The molecule has 0 spiro atoms. The van der Waals surface area contributed by atoms with Crippen LogP contribution in [0.5, 0.6) is 5.75 Å². The Bertz CT molecular complexity index is 1330. The summed E-state index contributed by atoms with van der Waals surface area (Å²) in [5, 5.41) is 0. The fourth-order valence-electron chi connectivity index (χ4n) is 3.27. The van der Waals surface area contributed by atoms with E-state index < -0.39 is 10.0 Å². The molecule has 2 N–H and O–H groups in total. The Balaban J connectivity index is 1.50. The topological polar surface area (TPSA) is 104 Å². The number of aromatic amines is 1. The van der Waals surface area contributed by atoms with Gasteiger partial charge in [-0.3, -0.25) is 9.52 Å². The third-order valence-corrected chi connectivity index (χ3v) is 6.28. The second-order valence-electron chi connectivity index (χ2n) is 7.22. The molecule has 0 radical (unpaired) electrons. The molecule has 8 nitrogen and oxygen atoms in total. The number of sulfonamides is 1. The number of amides is 1. The lowest BCUT2D eigenvalue weighted by Gasteiger charge is -2.16. The summed E-state index contributed by atoms with van der Waals surface area (Å²) in [7, 11) is -0.691. The maximum absolute atomic E-state index is 12.9. The highest BCUT2D eigenvalue weighted by Crippen LogP contribution is 2.21. The van der Waals surface area contributed by atoms with Crippen LogP contribution >= 0.6 is 0 Å². The fraction of sp³-hybridized carbons (Fsp3) is 0.130. The molecule has 0 unspecified atom stereocenters. The number of fused-ring (bicyclic) bond motifs is 1. The summed E-state index contributed by atoms with van der Waals surface area (Å²) in [6.07, 6.45) is 0. The lowest BCUT2D eigenvalue weighted by molar-refractivity contribution is 0.0781. The maximum atomic E-state index is 12.9. The summed E-state index contributed by atoms with van der Waals surface area (Å²) in [4.78, 5) is 22.1. The first-order valence-electron chi connectivity index (χ1n) is 9.82. The molecule has 0 bridgehead atoms. The normalized spacial score (nSPS) is 11.3. The molecule has 0 aliphatic carbocycles. The molecule has 0 saturated carbocycles. The highest BCUT2D eigenvalue weighted by Gasteiger charge is 2.19. The smallest absolute Gasteiger partial charge is 0.261 e. The van der Waals surface area contributed by atoms with E-state index in [1.165, 1.54) is 24.1 Å².